The SMILES string of the molecule is Fc1ccc(C2CN(Cc3nccn3C(F)F)CCO2)c(Cl)c1. The lowest BCUT2D eigenvalue weighted by Gasteiger charge is -2.33. The Labute approximate surface area is 136 Å². The third kappa shape index (κ3) is 3.68. The van der Waals surface area contributed by atoms with E-state index in [9.17, 15) is 13.2 Å². The minimum Gasteiger partial charge on any atom is -0.371 e. The molecule has 1 saturated heterocycles. The first-order valence-electron chi connectivity index (χ1n) is 7.13. The third-order valence-electron chi connectivity index (χ3n) is 3.78. The fraction of sp³-hybridized carbons (Fsp3) is 0.400. The maximum absolute atomic E-state index is 13.1. The number of imidazole rings is 1. The normalized spacial score (nSPS) is 19.4. The number of alkyl halides is 2. The highest BCUT2D eigenvalue weighted by Gasteiger charge is 2.25. The van der Waals surface area contributed by atoms with Crippen LogP contribution in [0.4, 0.5) is 13.2 Å². The van der Waals surface area contributed by atoms with Gasteiger partial charge in [0.25, 0.3) is 0 Å². The quantitative estimate of drug-likeness (QED) is 0.847. The fourth-order valence-corrected chi connectivity index (χ4v) is 2.93. The number of hydrogen-bond donors (Lipinski definition) is 0. The van der Waals surface area contributed by atoms with Gasteiger partial charge in [-0.05, 0) is 12.1 Å². The van der Waals surface area contributed by atoms with Gasteiger partial charge in [-0.25, -0.2) is 9.37 Å². The lowest BCUT2D eigenvalue weighted by atomic mass is 10.1. The van der Waals surface area contributed by atoms with Crippen molar-refractivity contribution in [1.29, 1.82) is 0 Å². The first-order valence-corrected chi connectivity index (χ1v) is 7.51. The van der Waals surface area contributed by atoms with Gasteiger partial charge in [0.05, 0.1) is 19.3 Å². The van der Waals surface area contributed by atoms with Gasteiger partial charge in [-0.3, -0.25) is 9.47 Å². The van der Waals surface area contributed by atoms with Crippen LogP contribution in [0.15, 0.2) is 30.6 Å². The third-order valence-corrected chi connectivity index (χ3v) is 4.11. The van der Waals surface area contributed by atoms with Crippen LogP contribution < -0.4 is 0 Å². The van der Waals surface area contributed by atoms with Crippen molar-refractivity contribution in [3.05, 3.63) is 52.8 Å². The van der Waals surface area contributed by atoms with E-state index in [1.54, 1.807) is 6.07 Å². The molecule has 1 unspecified atom stereocenters. The van der Waals surface area contributed by atoms with Crippen LogP contribution in [0.1, 0.15) is 24.0 Å². The Bertz CT molecular complexity index is 680. The molecule has 0 N–H and O–H groups in total. The molecule has 2 aromatic rings. The second kappa shape index (κ2) is 6.90. The number of nitrogens with zero attached hydrogens (tertiary/aromatic N) is 3. The van der Waals surface area contributed by atoms with E-state index in [-0.39, 0.29) is 12.6 Å². The smallest absolute Gasteiger partial charge is 0.319 e. The molecule has 8 heteroatoms. The molecule has 124 valence electrons. The van der Waals surface area contributed by atoms with Crippen LogP contribution in [-0.4, -0.2) is 34.1 Å². The minimum atomic E-state index is -2.61. The molecular weight excluding hydrogens is 331 g/mol. The lowest BCUT2D eigenvalue weighted by molar-refractivity contribution is -0.0352. The summed E-state index contributed by atoms with van der Waals surface area (Å²) >= 11 is 6.07. The Morgan fingerprint density at radius 1 is 1.39 bits per heavy atom. The molecule has 1 atom stereocenters. The van der Waals surface area contributed by atoms with Crippen LogP contribution in [0.25, 0.3) is 0 Å². The molecule has 4 nitrogen and oxygen atoms in total. The van der Waals surface area contributed by atoms with Crippen molar-refractivity contribution in [3.63, 3.8) is 0 Å². The Morgan fingerprint density at radius 2 is 2.22 bits per heavy atom. The Morgan fingerprint density at radius 3 is 2.96 bits per heavy atom. The van der Waals surface area contributed by atoms with Crippen molar-refractivity contribution in [2.75, 3.05) is 19.7 Å². The van der Waals surface area contributed by atoms with Gasteiger partial charge in [-0.15, -0.1) is 0 Å². The molecule has 0 aliphatic carbocycles. The van der Waals surface area contributed by atoms with Gasteiger partial charge < -0.3 is 4.74 Å². The van der Waals surface area contributed by atoms with Crippen molar-refractivity contribution >= 4 is 11.6 Å². The highest BCUT2D eigenvalue weighted by atomic mass is 35.5. The van der Waals surface area contributed by atoms with E-state index in [2.05, 4.69) is 4.98 Å². The van der Waals surface area contributed by atoms with Crippen molar-refractivity contribution in [2.45, 2.75) is 19.2 Å². The Hall–Kier alpha value is -1.57. The van der Waals surface area contributed by atoms with E-state index in [0.29, 0.717) is 36.1 Å². The Balaban J connectivity index is 1.72. The van der Waals surface area contributed by atoms with Gasteiger partial charge >= 0.3 is 6.55 Å². The number of rotatable bonds is 4. The number of halogens is 4. The largest absolute Gasteiger partial charge is 0.371 e. The first-order chi connectivity index (χ1) is 11.0. The summed E-state index contributed by atoms with van der Waals surface area (Å²) in [7, 11) is 0. The lowest BCUT2D eigenvalue weighted by Crippen LogP contribution is -2.38. The monoisotopic (exact) mass is 345 g/mol. The highest BCUT2D eigenvalue weighted by Crippen LogP contribution is 2.29. The zero-order valence-electron chi connectivity index (χ0n) is 12.1. The molecule has 2 heterocycles. The standard InChI is InChI=1S/C15H15ClF3N3O/c16-12-7-10(17)1-2-11(12)13-8-21(5-6-23-13)9-14-20-3-4-22(14)15(18)19/h1-4,7,13,15H,5-6,8-9H2. The zero-order chi connectivity index (χ0) is 16.4. The van der Waals surface area contributed by atoms with E-state index in [4.69, 9.17) is 16.3 Å². The Kier molecular flexibility index (Phi) is 4.89. The molecule has 0 saturated carbocycles. The van der Waals surface area contributed by atoms with Crippen LogP contribution in [0.3, 0.4) is 0 Å². The number of ether oxygens (including phenoxy) is 1. The maximum Gasteiger partial charge on any atom is 0.319 e. The van der Waals surface area contributed by atoms with Crippen molar-refractivity contribution in [3.8, 4) is 0 Å². The van der Waals surface area contributed by atoms with Crippen molar-refractivity contribution in [2.24, 2.45) is 0 Å². The van der Waals surface area contributed by atoms with Crippen LogP contribution in [-0.2, 0) is 11.3 Å². The van der Waals surface area contributed by atoms with Crippen LogP contribution >= 0.6 is 11.6 Å². The first kappa shape index (κ1) is 16.3. The van der Waals surface area contributed by atoms with Gasteiger partial charge in [0.15, 0.2) is 0 Å². The van der Waals surface area contributed by atoms with E-state index in [0.717, 1.165) is 4.57 Å². The van der Waals surface area contributed by atoms with Crippen LogP contribution in [0.2, 0.25) is 5.02 Å². The summed E-state index contributed by atoms with van der Waals surface area (Å²) in [6.45, 7) is -0.813. The van der Waals surface area contributed by atoms with Crippen molar-refractivity contribution < 1.29 is 17.9 Å². The molecule has 0 bridgehead atoms. The van der Waals surface area contributed by atoms with Gasteiger partial charge in [0.2, 0.25) is 0 Å². The average molecular weight is 346 g/mol. The molecule has 1 aliphatic heterocycles. The molecule has 3 rings (SSSR count). The molecule has 0 spiro atoms. The number of hydrogen-bond acceptors (Lipinski definition) is 3. The van der Waals surface area contributed by atoms with E-state index in [1.165, 1.54) is 24.5 Å². The number of morpholine rings is 1. The predicted molar refractivity (Wildman–Crippen MR) is 78.9 cm³/mol. The summed E-state index contributed by atoms with van der Waals surface area (Å²) in [5.41, 5.74) is 0.690. The maximum atomic E-state index is 13.1. The summed E-state index contributed by atoms with van der Waals surface area (Å²) in [5.74, 6) is -0.115. The van der Waals surface area contributed by atoms with Gasteiger partial charge in [0, 0.05) is 36.1 Å². The minimum absolute atomic E-state index is 0.288. The van der Waals surface area contributed by atoms with Gasteiger partial charge in [-0.2, -0.15) is 8.78 Å². The van der Waals surface area contributed by atoms with E-state index in [1.807, 2.05) is 4.90 Å². The molecule has 1 aromatic heterocycles. The number of aromatic nitrogens is 2. The summed E-state index contributed by atoms with van der Waals surface area (Å²) in [5, 5.41) is 0.297. The van der Waals surface area contributed by atoms with Gasteiger partial charge in [-0.1, -0.05) is 17.7 Å². The molecule has 0 amide bonds. The summed E-state index contributed by atoms with van der Waals surface area (Å²) in [4.78, 5) is 5.95. The van der Waals surface area contributed by atoms with Crippen LogP contribution in [0.5, 0.6) is 0 Å². The topological polar surface area (TPSA) is 30.3 Å². The average Bonchev–Trinajstić information content (AvgIpc) is 2.96. The predicted octanol–water partition coefficient (Wildman–Crippen LogP) is 3.64. The second-order valence-corrected chi connectivity index (χ2v) is 5.70. The molecular formula is C15H15ClF3N3O. The number of benzene rings is 1. The summed E-state index contributed by atoms with van der Waals surface area (Å²) in [6.07, 6.45) is 2.29. The molecule has 0 radical (unpaired) electrons. The zero-order valence-corrected chi connectivity index (χ0v) is 12.9. The highest BCUT2D eigenvalue weighted by molar-refractivity contribution is 6.31. The van der Waals surface area contributed by atoms with Crippen LogP contribution in [0, 0.1) is 5.82 Å². The molecule has 1 aromatic carbocycles. The summed E-state index contributed by atoms with van der Waals surface area (Å²) < 4.78 is 45.4. The van der Waals surface area contributed by atoms with E-state index >= 15 is 0 Å². The fourth-order valence-electron chi connectivity index (χ4n) is 2.64. The summed E-state index contributed by atoms with van der Waals surface area (Å²) in [6, 6.07) is 4.15. The molecule has 1 fully saturated rings. The second-order valence-electron chi connectivity index (χ2n) is 5.29. The van der Waals surface area contributed by atoms with E-state index < -0.39 is 12.4 Å². The van der Waals surface area contributed by atoms with Crippen molar-refractivity contribution in [1.82, 2.24) is 14.5 Å². The molecule has 1 aliphatic rings. The van der Waals surface area contributed by atoms with Gasteiger partial charge in [0.1, 0.15) is 11.6 Å². The molecule has 23 heavy (non-hydrogen) atoms.